The molecule has 0 fully saturated rings. The van der Waals surface area contributed by atoms with Crippen LogP contribution in [0.25, 0.3) is 12.3 Å². The van der Waals surface area contributed by atoms with Gasteiger partial charge in [-0.2, -0.15) is 0 Å². The molecule has 0 aliphatic heterocycles. The van der Waals surface area contributed by atoms with Crippen LogP contribution in [0.3, 0.4) is 0 Å². The van der Waals surface area contributed by atoms with Gasteiger partial charge in [0.25, 0.3) is 7.82 Å². The standard InChI is InChI=1S/C33H64N3O11P.C4H6O4.2ClH.2H2N.Pt/c1-5-6-7-8-9-10-11-12-13-14-15-16-17-18-19-32(40)44-27-29(28-46-48(42,43)45-25-24-36(2,3)4)47-33(41)26-34-22-23-35-30(37)20-21-31(38)39;5-3(6)1-2-4(7)8;;;;;/h29,34H,5-28H2,1-4H3,(H2-,35,37,38,39,42,43);1-2H2,(H,5,6)(H,7,8);2*1H;2*1H2;/q;;;;2*-1;+4/p-2/t29-;;;;;;/m0....../s1. The molecule has 0 rings (SSSR count). The Kier molecular flexibility index (Phi) is 51.4. The summed E-state index contributed by atoms with van der Waals surface area (Å²) in [5, 5.41) is 29.7. The van der Waals surface area contributed by atoms with Crippen molar-refractivity contribution in [3.63, 3.8) is 0 Å². The molecule has 0 aliphatic rings. The fraction of sp³-hybridized carbons (Fsp3) is 0.838. The van der Waals surface area contributed by atoms with Gasteiger partial charge in [-0.3, -0.25) is 33.3 Å². The van der Waals surface area contributed by atoms with Gasteiger partial charge in [0.1, 0.15) is 19.8 Å². The number of carboxylic acids is 3. The average Bonchev–Trinajstić information content (AvgIpc) is 3.14. The summed E-state index contributed by atoms with van der Waals surface area (Å²) in [4.78, 5) is 78.4. The van der Waals surface area contributed by atoms with Crippen molar-refractivity contribution < 1.29 is 93.0 Å². The summed E-state index contributed by atoms with van der Waals surface area (Å²) in [7, 11) is 10.7. The second kappa shape index (κ2) is 46.0. The molecule has 1 amide bonds. The first kappa shape index (κ1) is 68.1. The Labute approximate surface area is 379 Å². The number of phosphoric acid groups is 1. The maximum Gasteiger partial charge on any atom is -0.693 e. The van der Waals surface area contributed by atoms with Crippen LogP contribution in [0, 0.1) is 0 Å². The predicted octanol–water partition coefficient (Wildman–Crippen LogP) is 6.84. The number of nitrogens with one attached hydrogen (secondary N) is 2. The zero-order valence-electron chi connectivity index (χ0n) is 36.3. The van der Waals surface area contributed by atoms with E-state index in [1.54, 1.807) is 0 Å². The summed E-state index contributed by atoms with van der Waals surface area (Å²) in [5.74, 6) is -4.89. The fourth-order valence-corrected chi connectivity index (χ4v) is 5.44. The number of aliphatic carboxylic acids is 3. The summed E-state index contributed by atoms with van der Waals surface area (Å²) in [5.41, 5.74) is 0. The molecule has 20 nitrogen and oxygen atoms in total. The first-order valence-electron chi connectivity index (χ1n) is 20.0. The third kappa shape index (κ3) is 60.2. The number of phosphoric ester groups is 1. The van der Waals surface area contributed by atoms with E-state index in [0.717, 1.165) is 19.3 Å². The topological polar surface area (TPSA) is 331 Å². The minimum atomic E-state index is -4.70. The molecule has 0 aromatic heterocycles. The number of hydrogen-bond donors (Lipinski definition) is 5. The maximum atomic E-state index is 12.4. The number of nitrogens with zero attached hydrogens (tertiary/aromatic N) is 1. The van der Waals surface area contributed by atoms with Gasteiger partial charge in [-0.25, -0.2) is 0 Å². The second-order valence-electron chi connectivity index (χ2n) is 14.5. The van der Waals surface area contributed by atoms with Crippen LogP contribution < -0.4 is 15.5 Å². The number of rotatable bonds is 36. The monoisotopic (exact) mass is 1120 g/mol. The molecule has 0 aliphatic carbocycles. The van der Waals surface area contributed by atoms with Crippen LogP contribution in [0.2, 0.25) is 0 Å². The molecular formula is C37H74Cl2N5O15PPt. The number of halogens is 2. The molecule has 0 heterocycles. The first-order valence-corrected chi connectivity index (χ1v) is 27.1. The number of carbonyl (C=O) groups is 6. The Morgan fingerprint density at radius 3 is 1.56 bits per heavy atom. The van der Waals surface area contributed by atoms with E-state index in [2.05, 4.69) is 17.6 Å². The Bertz CT molecular complexity index is 1180. The largest absolute Gasteiger partial charge is 0.693 e. The molecule has 366 valence electrons. The number of ether oxygens (including phenoxy) is 2. The average molecular weight is 1130 g/mol. The molecule has 0 aromatic rings. The van der Waals surface area contributed by atoms with Gasteiger partial charge < -0.3 is 66.2 Å². The van der Waals surface area contributed by atoms with E-state index < -0.39 is 72.8 Å². The molecule has 0 bridgehead atoms. The predicted molar refractivity (Wildman–Crippen MR) is 228 cm³/mol. The Morgan fingerprint density at radius 2 is 1.11 bits per heavy atom. The number of nitrogens with two attached hydrogens (primary N) is 2. The zero-order valence-corrected chi connectivity index (χ0v) is 41.0. The van der Waals surface area contributed by atoms with Gasteiger partial charge in [-0.15, -0.1) is 0 Å². The van der Waals surface area contributed by atoms with Crippen molar-refractivity contribution in [3.8, 4) is 0 Å². The van der Waals surface area contributed by atoms with Crippen molar-refractivity contribution >= 4 is 62.4 Å². The van der Waals surface area contributed by atoms with E-state index >= 15 is 0 Å². The minimum absolute atomic E-state index is 0. The van der Waals surface area contributed by atoms with Crippen molar-refractivity contribution in [3.05, 3.63) is 12.3 Å². The van der Waals surface area contributed by atoms with Gasteiger partial charge in [0, 0.05) is 25.9 Å². The molecule has 1 unspecified atom stereocenters. The van der Waals surface area contributed by atoms with Crippen molar-refractivity contribution in [1.82, 2.24) is 10.6 Å². The number of quaternary nitrogens is 1. The van der Waals surface area contributed by atoms with Gasteiger partial charge in [0.2, 0.25) is 5.91 Å². The quantitative estimate of drug-likeness (QED) is 0.0186. The normalized spacial score (nSPS) is 12.0. The van der Waals surface area contributed by atoms with E-state index in [4.69, 9.17) is 52.7 Å². The molecule has 2 atom stereocenters. The molecule has 24 heteroatoms. The maximum absolute atomic E-state index is 12.4. The third-order valence-electron chi connectivity index (χ3n) is 7.90. The van der Waals surface area contributed by atoms with Crippen molar-refractivity contribution in [2.24, 2.45) is 0 Å². The second-order valence-corrected chi connectivity index (χ2v) is 19.2. The van der Waals surface area contributed by atoms with Crippen LogP contribution in [0.4, 0.5) is 0 Å². The van der Waals surface area contributed by atoms with Gasteiger partial charge in [0.15, 0.2) is 6.10 Å². The van der Waals surface area contributed by atoms with E-state index in [0.29, 0.717) is 17.4 Å². The minimum Gasteiger partial charge on any atom is -0.693 e. The van der Waals surface area contributed by atoms with Crippen LogP contribution in [0.5, 0.6) is 0 Å². The number of amides is 1. The van der Waals surface area contributed by atoms with Crippen molar-refractivity contribution in [1.29, 1.82) is 0 Å². The van der Waals surface area contributed by atoms with Crippen molar-refractivity contribution in [2.75, 3.05) is 67.1 Å². The zero-order chi connectivity index (χ0) is 45.4. The van der Waals surface area contributed by atoms with Crippen LogP contribution in [0.15, 0.2) is 0 Å². The number of hydrogen-bond acceptors (Lipinski definition) is 13. The van der Waals surface area contributed by atoms with Gasteiger partial charge in [-0.1, -0.05) is 90.4 Å². The number of esters is 2. The SMILES string of the molecule is CCCCCCCCCCCCCCCCC(=O)OC[C@@H](COP(=O)([O-])OCC[N+](C)(C)C)OC(=O)CNCCNC(=O)CCC(=O)O.O=C(O)CCC(=O)O.[Cl][Pt+2][Cl].[NH2-].[NH2-]. The summed E-state index contributed by atoms with van der Waals surface area (Å²) in [6.45, 7) is 1.64. The first-order chi connectivity index (χ1) is 27.8. The Morgan fingerprint density at radius 1 is 0.672 bits per heavy atom. The van der Waals surface area contributed by atoms with Crippen LogP contribution in [-0.4, -0.2) is 129 Å². The van der Waals surface area contributed by atoms with Crippen LogP contribution >= 0.6 is 26.7 Å². The molecule has 0 saturated carbocycles. The molecular weight excluding hydrogens is 1050 g/mol. The molecule has 61 heavy (non-hydrogen) atoms. The molecule has 0 saturated heterocycles. The summed E-state index contributed by atoms with van der Waals surface area (Å²) >= 11 is -0.472. The van der Waals surface area contributed by atoms with Gasteiger partial charge in [-0.05, 0) is 6.42 Å². The Hall–Kier alpha value is -1.96. The van der Waals surface area contributed by atoms with E-state index in [9.17, 15) is 38.2 Å². The van der Waals surface area contributed by atoms with Gasteiger partial charge >= 0.3 is 65.2 Å². The molecule has 0 radical (unpaired) electrons. The molecule has 9 N–H and O–H groups in total. The molecule has 0 spiro atoms. The summed E-state index contributed by atoms with van der Waals surface area (Å²) in [6, 6.07) is 0. The van der Waals surface area contributed by atoms with E-state index in [1.807, 2.05) is 21.1 Å². The Balaban J connectivity index is -0.000000706. The number of carbonyl (C=O) groups excluding carboxylic acids is 3. The summed E-state index contributed by atoms with van der Waals surface area (Å²) < 4.78 is 33.1. The van der Waals surface area contributed by atoms with Crippen molar-refractivity contribution in [2.45, 2.75) is 135 Å². The summed E-state index contributed by atoms with van der Waals surface area (Å²) in [6.07, 6.45) is 14.8. The van der Waals surface area contributed by atoms with Gasteiger partial charge in [0.05, 0.1) is 53.6 Å². The van der Waals surface area contributed by atoms with Crippen LogP contribution in [0.1, 0.15) is 129 Å². The van der Waals surface area contributed by atoms with E-state index in [-0.39, 0.29) is 77.3 Å². The number of unbranched alkanes of at least 4 members (excludes halogenated alkanes) is 13. The molecule has 0 aromatic carbocycles. The third-order valence-corrected chi connectivity index (χ3v) is 8.87. The fourth-order valence-electron chi connectivity index (χ4n) is 4.71. The number of carboxylic acid groups (broad SMARTS) is 3. The van der Waals surface area contributed by atoms with Crippen LogP contribution in [-0.2, 0) is 68.3 Å². The number of likely N-dealkylation sites (N-methyl/N-ethyl adjacent to an activating group) is 1. The van der Waals surface area contributed by atoms with E-state index in [1.165, 1.54) is 64.2 Å². The smallest absolute Gasteiger partial charge is 0.693 e.